The molecule has 0 heterocycles. The van der Waals surface area contributed by atoms with Gasteiger partial charge in [-0.25, -0.2) is 0 Å². The summed E-state index contributed by atoms with van der Waals surface area (Å²) in [6, 6.07) is 0. The average Bonchev–Trinajstić information content (AvgIpc) is 2.77. The smallest absolute Gasteiger partial charge is 0.156 e. The second-order valence-corrected chi connectivity index (χ2v) is 9.84. The van der Waals surface area contributed by atoms with Gasteiger partial charge < -0.3 is 20.4 Å². The summed E-state index contributed by atoms with van der Waals surface area (Å²) in [6.07, 6.45) is 9.57. The maximum atomic E-state index is 11.0. The second-order valence-electron chi connectivity index (χ2n) is 9.84. The number of hydrogen-bond acceptors (Lipinski definition) is 4. The molecule has 4 rings (SSSR count). The molecule has 0 saturated heterocycles. The Kier molecular flexibility index (Phi) is 3.88. The predicted octanol–water partition coefficient (Wildman–Crippen LogP) is 1.70. The van der Waals surface area contributed by atoms with Crippen molar-refractivity contribution >= 4 is 0 Å². The number of terminal acetylenes is 1. The van der Waals surface area contributed by atoms with Gasteiger partial charge in [0.2, 0.25) is 0 Å². The van der Waals surface area contributed by atoms with Gasteiger partial charge in [0.15, 0.2) is 5.60 Å². The lowest BCUT2D eigenvalue weighted by Gasteiger charge is -2.62. The number of rotatable bonds is 0. The van der Waals surface area contributed by atoms with Crippen LogP contribution in [0.5, 0.6) is 0 Å². The van der Waals surface area contributed by atoms with Gasteiger partial charge >= 0.3 is 0 Å². The molecule has 4 N–H and O–H groups in total. The van der Waals surface area contributed by atoms with Gasteiger partial charge in [-0.3, -0.25) is 0 Å². The van der Waals surface area contributed by atoms with E-state index in [1.807, 2.05) is 6.92 Å². The summed E-state index contributed by atoms with van der Waals surface area (Å²) >= 11 is 0. The molecule has 10 atom stereocenters. The lowest BCUT2D eigenvalue weighted by Crippen LogP contribution is -2.60. The number of aliphatic hydroxyl groups excluding tert-OH is 3. The van der Waals surface area contributed by atoms with Crippen LogP contribution < -0.4 is 0 Å². The fourth-order valence-electron chi connectivity index (χ4n) is 7.49. The van der Waals surface area contributed by atoms with E-state index in [4.69, 9.17) is 6.42 Å². The Morgan fingerprint density at radius 2 is 1.68 bits per heavy atom. The molecular weight excluding hydrogens is 316 g/mol. The van der Waals surface area contributed by atoms with Crippen LogP contribution in [0, 0.1) is 46.8 Å². The molecule has 0 bridgehead atoms. The van der Waals surface area contributed by atoms with Gasteiger partial charge in [-0.1, -0.05) is 19.8 Å². The summed E-state index contributed by atoms with van der Waals surface area (Å²) in [7, 11) is 0. The van der Waals surface area contributed by atoms with Gasteiger partial charge in [-0.15, -0.1) is 6.42 Å². The predicted molar refractivity (Wildman–Crippen MR) is 94.3 cm³/mol. The SMILES string of the molecule is C#C[C@]1(O)[C@H](O)CC2C3C(CC[C@@]21C)[C@@]1(C)CC[C@@H](O)C[C@H]1C[C@H]3O. The molecule has 3 unspecified atom stereocenters. The summed E-state index contributed by atoms with van der Waals surface area (Å²) in [4.78, 5) is 0. The van der Waals surface area contributed by atoms with Gasteiger partial charge in [-0.05, 0) is 74.0 Å². The molecule has 0 amide bonds. The molecule has 4 heteroatoms. The molecule has 140 valence electrons. The Bertz CT molecular complexity index is 599. The average molecular weight is 348 g/mol. The van der Waals surface area contributed by atoms with Crippen LogP contribution in [0.4, 0.5) is 0 Å². The maximum absolute atomic E-state index is 11.0. The van der Waals surface area contributed by atoms with E-state index < -0.39 is 23.2 Å². The van der Waals surface area contributed by atoms with E-state index in [0.29, 0.717) is 24.7 Å². The van der Waals surface area contributed by atoms with Crippen LogP contribution >= 0.6 is 0 Å². The molecule has 4 nitrogen and oxygen atoms in total. The molecular formula is C21H32O4. The van der Waals surface area contributed by atoms with Crippen molar-refractivity contribution in [2.45, 2.75) is 82.7 Å². The summed E-state index contributed by atoms with van der Waals surface area (Å²) in [5.41, 5.74) is -1.91. The number of fused-ring (bicyclic) bond motifs is 5. The highest BCUT2D eigenvalue weighted by atomic mass is 16.3. The van der Waals surface area contributed by atoms with Gasteiger partial charge in [0.25, 0.3) is 0 Å². The van der Waals surface area contributed by atoms with Crippen LogP contribution in [-0.2, 0) is 0 Å². The zero-order valence-corrected chi connectivity index (χ0v) is 15.4. The largest absolute Gasteiger partial charge is 0.393 e. The first-order valence-corrected chi connectivity index (χ1v) is 9.91. The van der Waals surface area contributed by atoms with E-state index in [2.05, 4.69) is 12.8 Å². The Morgan fingerprint density at radius 3 is 2.36 bits per heavy atom. The molecule has 4 aliphatic carbocycles. The standard InChI is InChI=1S/C21H32O4/c1-4-21(25)17(24)11-15-18-14(6-8-20(15,21)3)19(2)7-5-13(22)9-12(19)10-16(18)23/h1,12-18,22-25H,5-11H2,2-3H3/t12-,13+,14?,15?,16+,17+,18?,19-,20-,21-/m0/s1. The van der Waals surface area contributed by atoms with E-state index in [0.717, 1.165) is 32.1 Å². The Labute approximate surface area is 150 Å². The Hall–Kier alpha value is -0.600. The minimum Gasteiger partial charge on any atom is -0.393 e. The molecule has 0 aliphatic heterocycles. The first-order chi connectivity index (χ1) is 11.7. The van der Waals surface area contributed by atoms with E-state index in [1.54, 1.807) is 0 Å². The van der Waals surface area contributed by atoms with Crippen molar-refractivity contribution in [1.29, 1.82) is 0 Å². The summed E-state index contributed by atoms with van der Waals surface area (Å²) < 4.78 is 0. The Morgan fingerprint density at radius 1 is 0.960 bits per heavy atom. The number of aliphatic hydroxyl groups is 4. The van der Waals surface area contributed by atoms with Crippen LogP contribution in [0.3, 0.4) is 0 Å². The van der Waals surface area contributed by atoms with E-state index in [1.165, 1.54) is 0 Å². The van der Waals surface area contributed by atoms with Crippen molar-refractivity contribution < 1.29 is 20.4 Å². The van der Waals surface area contributed by atoms with Crippen LogP contribution in [-0.4, -0.2) is 44.3 Å². The molecule has 0 radical (unpaired) electrons. The van der Waals surface area contributed by atoms with Gasteiger partial charge in [0.05, 0.1) is 18.3 Å². The van der Waals surface area contributed by atoms with Crippen molar-refractivity contribution in [2.75, 3.05) is 0 Å². The van der Waals surface area contributed by atoms with Gasteiger partial charge in [-0.2, -0.15) is 0 Å². The lowest BCUT2D eigenvalue weighted by molar-refractivity contribution is -0.186. The third kappa shape index (κ3) is 2.10. The zero-order valence-electron chi connectivity index (χ0n) is 15.4. The van der Waals surface area contributed by atoms with Crippen molar-refractivity contribution in [2.24, 2.45) is 34.5 Å². The molecule has 4 fully saturated rings. The van der Waals surface area contributed by atoms with Crippen LogP contribution in [0.2, 0.25) is 0 Å². The highest BCUT2D eigenvalue weighted by Gasteiger charge is 2.68. The van der Waals surface area contributed by atoms with Crippen molar-refractivity contribution in [3.8, 4) is 12.3 Å². The van der Waals surface area contributed by atoms with Crippen LogP contribution in [0.1, 0.15) is 58.8 Å². The van der Waals surface area contributed by atoms with Crippen molar-refractivity contribution in [3.05, 3.63) is 0 Å². The first kappa shape index (κ1) is 17.8. The van der Waals surface area contributed by atoms with E-state index in [-0.39, 0.29) is 23.4 Å². The minimum atomic E-state index is -1.50. The molecule has 0 aromatic heterocycles. The molecule has 0 aromatic carbocycles. The van der Waals surface area contributed by atoms with E-state index >= 15 is 0 Å². The number of hydrogen-bond donors (Lipinski definition) is 4. The molecule has 25 heavy (non-hydrogen) atoms. The molecule has 0 spiro atoms. The summed E-state index contributed by atoms with van der Waals surface area (Å²) in [5.74, 6) is 3.35. The minimum absolute atomic E-state index is 0.0434. The van der Waals surface area contributed by atoms with Gasteiger partial charge in [0.1, 0.15) is 0 Å². The lowest BCUT2D eigenvalue weighted by atomic mass is 9.43. The highest BCUT2D eigenvalue weighted by Crippen LogP contribution is 2.68. The van der Waals surface area contributed by atoms with Crippen LogP contribution in [0.15, 0.2) is 0 Å². The fourth-order valence-corrected chi connectivity index (χ4v) is 7.49. The highest BCUT2D eigenvalue weighted by molar-refractivity contribution is 5.27. The third-order valence-electron chi connectivity index (χ3n) is 9.10. The monoisotopic (exact) mass is 348 g/mol. The summed E-state index contributed by atoms with van der Waals surface area (Å²) in [6.45, 7) is 4.35. The summed E-state index contributed by atoms with van der Waals surface area (Å²) in [5, 5.41) is 42.7. The van der Waals surface area contributed by atoms with Crippen LogP contribution in [0.25, 0.3) is 0 Å². The third-order valence-corrected chi connectivity index (χ3v) is 9.10. The fraction of sp³-hybridized carbons (Fsp3) is 0.905. The maximum Gasteiger partial charge on any atom is 0.156 e. The molecule has 4 saturated carbocycles. The molecule has 4 aliphatic rings. The van der Waals surface area contributed by atoms with Crippen molar-refractivity contribution in [3.63, 3.8) is 0 Å². The molecule has 0 aromatic rings. The topological polar surface area (TPSA) is 80.9 Å². The second kappa shape index (κ2) is 5.45. The quantitative estimate of drug-likeness (QED) is 0.502. The normalized spacial score (nSPS) is 60.9. The van der Waals surface area contributed by atoms with Gasteiger partial charge in [0, 0.05) is 5.41 Å². The first-order valence-electron chi connectivity index (χ1n) is 9.91. The zero-order chi connectivity index (χ0) is 18.2. The van der Waals surface area contributed by atoms with Crippen molar-refractivity contribution in [1.82, 2.24) is 0 Å². The Balaban J connectivity index is 1.72. The van der Waals surface area contributed by atoms with E-state index in [9.17, 15) is 20.4 Å².